The van der Waals surface area contributed by atoms with Crippen molar-refractivity contribution >= 4 is 11.6 Å². The van der Waals surface area contributed by atoms with Gasteiger partial charge >= 0.3 is 0 Å². The predicted molar refractivity (Wildman–Crippen MR) is 76.5 cm³/mol. The predicted octanol–water partition coefficient (Wildman–Crippen LogP) is 1.68. The summed E-state index contributed by atoms with van der Waals surface area (Å²) < 4.78 is 5.17. The zero-order chi connectivity index (χ0) is 13.7. The first-order valence-electron chi connectivity index (χ1n) is 6.88. The van der Waals surface area contributed by atoms with Gasteiger partial charge in [-0.15, -0.1) is 0 Å². The van der Waals surface area contributed by atoms with Crippen molar-refractivity contribution in [3.05, 3.63) is 29.8 Å². The lowest BCUT2D eigenvalue weighted by atomic mass is 10.2. The fourth-order valence-corrected chi connectivity index (χ4v) is 2.32. The van der Waals surface area contributed by atoms with E-state index in [4.69, 9.17) is 4.74 Å². The molecular weight excluding hydrogens is 240 g/mol. The molecule has 1 fully saturated rings. The lowest BCUT2D eigenvalue weighted by Crippen LogP contribution is -2.49. The van der Waals surface area contributed by atoms with Crippen LogP contribution in [0, 0.1) is 6.92 Å². The van der Waals surface area contributed by atoms with Gasteiger partial charge in [0.1, 0.15) is 6.61 Å². The van der Waals surface area contributed by atoms with E-state index in [2.05, 4.69) is 36.1 Å². The van der Waals surface area contributed by atoms with Crippen LogP contribution in [0.2, 0.25) is 0 Å². The van der Waals surface area contributed by atoms with E-state index in [-0.39, 0.29) is 12.5 Å². The number of carbonyl (C=O) groups excluding carboxylic acids is 1. The minimum absolute atomic E-state index is 0.103. The maximum absolute atomic E-state index is 11.8. The molecule has 104 valence electrons. The molecule has 0 saturated carbocycles. The maximum Gasteiger partial charge on any atom is 0.248 e. The molecule has 1 aromatic carbocycles. The van der Waals surface area contributed by atoms with Crippen LogP contribution in [0.5, 0.6) is 0 Å². The summed E-state index contributed by atoms with van der Waals surface area (Å²) in [6.45, 7) is 8.15. The third-order valence-electron chi connectivity index (χ3n) is 3.43. The number of amides is 1. The molecule has 1 aliphatic rings. The topological polar surface area (TPSA) is 32.8 Å². The molecule has 2 rings (SSSR count). The molecule has 0 atom stereocenters. The van der Waals surface area contributed by atoms with Crippen LogP contribution in [-0.4, -0.2) is 50.2 Å². The largest absolute Gasteiger partial charge is 0.372 e. The van der Waals surface area contributed by atoms with Crippen LogP contribution >= 0.6 is 0 Å². The summed E-state index contributed by atoms with van der Waals surface area (Å²) in [6, 6.07) is 8.50. The molecule has 1 aromatic rings. The summed E-state index contributed by atoms with van der Waals surface area (Å²) in [7, 11) is 0. The maximum atomic E-state index is 11.8. The molecule has 1 amide bonds. The van der Waals surface area contributed by atoms with Crippen molar-refractivity contribution in [3.63, 3.8) is 0 Å². The molecule has 0 bridgehead atoms. The molecule has 0 aromatic heterocycles. The highest BCUT2D eigenvalue weighted by Gasteiger charge is 2.21. The van der Waals surface area contributed by atoms with Crippen LogP contribution in [0.15, 0.2) is 24.3 Å². The van der Waals surface area contributed by atoms with Crippen molar-refractivity contribution in [2.75, 3.05) is 44.3 Å². The quantitative estimate of drug-likeness (QED) is 0.827. The number of rotatable bonds is 4. The number of anilines is 1. The number of hydrogen-bond acceptors (Lipinski definition) is 3. The molecule has 19 heavy (non-hydrogen) atoms. The summed E-state index contributed by atoms with van der Waals surface area (Å²) >= 11 is 0. The molecule has 0 spiro atoms. The van der Waals surface area contributed by atoms with Gasteiger partial charge < -0.3 is 14.5 Å². The third kappa shape index (κ3) is 3.70. The second-order valence-electron chi connectivity index (χ2n) is 4.84. The molecule has 1 heterocycles. The van der Waals surface area contributed by atoms with Crippen molar-refractivity contribution in [2.24, 2.45) is 0 Å². The average Bonchev–Trinajstić information content (AvgIpc) is 2.45. The SMILES string of the molecule is CCOCC(=O)N1CCN(c2cccc(C)c2)CC1. The summed E-state index contributed by atoms with van der Waals surface area (Å²) in [5, 5.41) is 0. The number of aryl methyl sites for hydroxylation is 1. The zero-order valence-corrected chi connectivity index (χ0v) is 11.8. The van der Waals surface area contributed by atoms with Crippen LogP contribution in [0.4, 0.5) is 5.69 Å². The van der Waals surface area contributed by atoms with Gasteiger partial charge in [0, 0.05) is 38.5 Å². The van der Waals surface area contributed by atoms with Gasteiger partial charge in [-0.2, -0.15) is 0 Å². The molecule has 0 radical (unpaired) electrons. The third-order valence-corrected chi connectivity index (χ3v) is 3.43. The number of nitrogens with zero attached hydrogens (tertiary/aromatic N) is 2. The van der Waals surface area contributed by atoms with Gasteiger partial charge in [0.15, 0.2) is 0 Å². The van der Waals surface area contributed by atoms with E-state index in [0.29, 0.717) is 6.61 Å². The zero-order valence-electron chi connectivity index (χ0n) is 11.8. The van der Waals surface area contributed by atoms with Crippen LogP contribution in [0.1, 0.15) is 12.5 Å². The van der Waals surface area contributed by atoms with E-state index >= 15 is 0 Å². The Kier molecular flexibility index (Phi) is 4.80. The van der Waals surface area contributed by atoms with Gasteiger partial charge in [0.2, 0.25) is 5.91 Å². The Morgan fingerprint density at radius 3 is 2.63 bits per heavy atom. The molecule has 0 unspecified atom stereocenters. The summed E-state index contributed by atoms with van der Waals surface area (Å²) in [5.74, 6) is 0.103. The van der Waals surface area contributed by atoms with E-state index in [0.717, 1.165) is 26.2 Å². The standard InChI is InChI=1S/C15H22N2O2/c1-3-19-12-15(18)17-9-7-16(8-10-17)14-6-4-5-13(2)11-14/h4-6,11H,3,7-10,12H2,1-2H3. The molecule has 4 heteroatoms. The monoisotopic (exact) mass is 262 g/mol. The summed E-state index contributed by atoms with van der Waals surface area (Å²) in [5.41, 5.74) is 2.52. The molecule has 0 aliphatic carbocycles. The van der Waals surface area contributed by atoms with E-state index in [1.807, 2.05) is 11.8 Å². The molecule has 1 saturated heterocycles. The van der Waals surface area contributed by atoms with Crippen LogP contribution < -0.4 is 4.90 Å². The minimum Gasteiger partial charge on any atom is -0.372 e. The first-order chi connectivity index (χ1) is 9.20. The lowest BCUT2D eigenvalue weighted by Gasteiger charge is -2.36. The Morgan fingerprint density at radius 2 is 2.00 bits per heavy atom. The smallest absolute Gasteiger partial charge is 0.248 e. The normalized spacial score (nSPS) is 15.7. The number of ether oxygens (including phenoxy) is 1. The fraction of sp³-hybridized carbons (Fsp3) is 0.533. The van der Waals surface area contributed by atoms with Gasteiger partial charge in [0.05, 0.1) is 0 Å². The number of hydrogen-bond donors (Lipinski definition) is 0. The number of piperazine rings is 1. The van der Waals surface area contributed by atoms with Gasteiger partial charge in [0.25, 0.3) is 0 Å². The number of carbonyl (C=O) groups is 1. The van der Waals surface area contributed by atoms with Crippen LogP contribution in [-0.2, 0) is 9.53 Å². The van der Waals surface area contributed by atoms with Gasteiger partial charge in [-0.1, -0.05) is 12.1 Å². The highest BCUT2D eigenvalue weighted by atomic mass is 16.5. The van der Waals surface area contributed by atoms with Crippen molar-refractivity contribution in [3.8, 4) is 0 Å². The molecule has 1 aliphatic heterocycles. The minimum atomic E-state index is 0.103. The van der Waals surface area contributed by atoms with Gasteiger partial charge in [-0.25, -0.2) is 0 Å². The molecule has 4 nitrogen and oxygen atoms in total. The van der Waals surface area contributed by atoms with Gasteiger partial charge in [-0.05, 0) is 31.5 Å². The number of benzene rings is 1. The van der Waals surface area contributed by atoms with Gasteiger partial charge in [-0.3, -0.25) is 4.79 Å². The van der Waals surface area contributed by atoms with Crippen molar-refractivity contribution in [1.82, 2.24) is 4.90 Å². The molecule has 0 N–H and O–H groups in total. The Balaban J connectivity index is 1.87. The van der Waals surface area contributed by atoms with Crippen molar-refractivity contribution < 1.29 is 9.53 Å². The Hall–Kier alpha value is -1.55. The first-order valence-corrected chi connectivity index (χ1v) is 6.88. The first kappa shape index (κ1) is 13.9. The summed E-state index contributed by atoms with van der Waals surface area (Å²) in [6.07, 6.45) is 0. The summed E-state index contributed by atoms with van der Waals surface area (Å²) in [4.78, 5) is 16.1. The van der Waals surface area contributed by atoms with Crippen LogP contribution in [0.25, 0.3) is 0 Å². The van der Waals surface area contributed by atoms with E-state index in [1.165, 1.54) is 11.3 Å². The average molecular weight is 262 g/mol. The lowest BCUT2D eigenvalue weighted by molar-refractivity contribution is -0.136. The van der Waals surface area contributed by atoms with Crippen molar-refractivity contribution in [1.29, 1.82) is 0 Å². The second-order valence-corrected chi connectivity index (χ2v) is 4.84. The van der Waals surface area contributed by atoms with Crippen molar-refractivity contribution in [2.45, 2.75) is 13.8 Å². The van der Waals surface area contributed by atoms with E-state index in [9.17, 15) is 4.79 Å². The Labute approximate surface area is 115 Å². The second kappa shape index (κ2) is 6.57. The Bertz CT molecular complexity index is 426. The Morgan fingerprint density at radius 1 is 1.26 bits per heavy atom. The fourth-order valence-electron chi connectivity index (χ4n) is 2.32. The molecular formula is C15H22N2O2. The van der Waals surface area contributed by atoms with E-state index in [1.54, 1.807) is 0 Å². The van der Waals surface area contributed by atoms with Crippen LogP contribution in [0.3, 0.4) is 0 Å². The highest BCUT2D eigenvalue weighted by molar-refractivity contribution is 5.77. The highest BCUT2D eigenvalue weighted by Crippen LogP contribution is 2.17. The van der Waals surface area contributed by atoms with E-state index < -0.39 is 0 Å².